The number of nitrogens with two attached hydrogens (primary N) is 2. The molecule has 348 valence electrons. The van der Waals surface area contributed by atoms with Gasteiger partial charge in [0.05, 0.1) is 6.04 Å². The number of phenolic OH excluding ortho intramolecular Hbond substituents is 3. The van der Waals surface area contributed by atoms with Gasteiger partial charge in [0.15, 0.2) is 0 Å². The SMILES string of the molecule is CC(C)C[C@H](NC(=O)[C@H](Cc1ccc(O)cc1)NC(=O)[C@H](Cc1ccccc1)NC(=O)[C@H](Cc1ccc(O)cc1)NC(=O)[C@H](CCCCN)NC(=O)[C@@H](N)Cc1ccc(O)cc1)C(=O)O. The molecule has 5 amide bonds. The third-order valence-corrected chi connectivity index (χ3v) is 10.6. The molecule has 0 radical (unpaired) electrons. The summed E-state index contributed by atoms with van der Waals surface area (Å²) in [6, 6.07) is 19.3. The number of amides is 5. The van der Waals surface area contributed by atoms with Crippen molar-refractivity contribution in [3.05, 3.63) is 125 Å². The van der Waals surface area contributed by atoms with Crippen molar-refractivity contribution in [1.82, 2.24) is 26.6 Å². The Bertz CT molecular complexity index is 2170. The van der Waals surface area contributed by atoms with Crippen molar-refractivity contribution in [2.24, 2.45) is 17.4 Å². The van der Waals surface area contributed by atoms with E-state index in [1.165, 1.54) is 36.4 Å². The highest BCUT2D eigenvalue weighted by molar-refractivity contribution is 5.96. The number of hydrogen-bond donors (Lipinski definition) is 11. The monoisotopic (exact) mass is 895 g/mol. The maximum Gasteiger partial charge on any atom is 0.326 e. The van der Waals surface area contributed by atoms with Crippen LogP contribution in [0.15, 0.2) is 103 Å². The quantitative estimate of drug-likeness (QED) is 0.0427. The molecule has 17 nitrogen and oxygen atoms in total. The van der Waals surface area contributed by atoms with Gasteiger partial charge in [-0.05, 0) is 103 Å². The number of carbonyl (C=O) groups excluding carboxylic acids is 5. The maximum absolute atomic E-state index is 14.5. The second-order valence-corrected chi connectivity index (χ2v) is 16.5. The third-order valence-electron chi connectivity index (χ3n) is 10.6. The van der Waals surface area contributed by atoms with E-state index in [9.17, 15) is 49.2 Å². The van der Waals surface area contributed by atoms with E-state index in [-0.39, 0.29) is 61.7 Å². The molecule has 4 aromatic carbocycles. The molecule has 0 bridgehead atoms. The van der Waals surface area contributed by atoms with Gasteiger partial charge in [-0.3, -0.25) is 24.0 Å². The number of aliphatic carboxylic acids is 1. The molecule has 0 aliphatic heterocycles. The van der Waals surface area contributed by atoms with E-state index in [0.29, 0.717) is 41.6 Å². The molecule has 13 N–H and O–H groups in total. The smallest absolute Gasteiger partial charge is 0.326 e. The van der Waals surface area contributed by atoms with E-state index in [1.54, 1.807) is 80.6 Å². The Balaban J connectivity index is 1.64. The summed E-state index contributed by atoms with van der Waals surface area (Å²) in [4.78, 5) is 82.4. The summed E-state index contributed by atoms with van der Waals surface area (Å²) < 4.78 is 0. The highest BCUT2D eigenvalue weighted by Gasteiger charge is 2.33. The summed E-state index contributed by atoms with van der Waals surface area (Å²) in [5.74, 6) is -5.06. The van der Waals surface area contributed by atoms with Crippen LogP contribution in [-0.2, 0) is 54.5 Å². The van der Waals surface area contributed by atoms with Crippen LogP contribution in [-0.4, -0.2) is 98.7 Å². The van der Waals surface area contributed by atoms with E-state index < -0.39 is 71.8 Å². The van der Waals surface area contributed by atoms with Crippen LogP contribution in [0.25, 0.3) is 0 Å². The number of hydrogen-bond acceptors (Lipinski definition) is 11. The Kier molecular flexibility index (Phi) is 19.8. The first kappa shape index (κ1) is 50.7. The normalized spacial score (nSPS) is 13.9. The zero-order chi connectivity index (χ0) is 47.5. The van der Waals surface area contributed by atoms with Crippen molar-refractivity contribution in [3.63, 3.8) is 0 Å². The first-order valence-electron chi connectivity index (χ1n) is 21.6. The molecule has 0 unspecified atom stereocenters. The number of rotatable bonds is 25. The van der Waals surface area contributed by atoms with Gasteiger partial charge in [-0.15, -0.1) is 0 Å². The predicted molar refractivity (Wildman–Crippen MR) is 243 cm³/mol. The van der Waals surface area contributed by atoms with Crippen LogP contribution in [0.4, 0.5) is 0 Å². The van der Waals surface area contributed by atoms with Gasteiger partial charge >= 0.3 is 5.97 Å². The van der Waals surface area contributed by atoms with Crippen LogP contribution in [0.1, 0.15) is 61.8 Å². The van der Waals surface area contributed by atoms with E-state index >= 15 is 0 Å². The average molecular weight is 896 g/mol. The molecule has 0 aliphatic carbocycles. The second kappa shape index (κ2) is 25.3. The standard InChI is InChI=1S/C48H61N7O10/c1-29(2)24-42(48(64)65)55-47(63)41(28-33-15-21-36(58)22-16-33)54-45(61)39(26-30-8-4-3-5-9-30)53-46(62)40(27-32-13-19-35(57)20-14-32)52-44(60)38(10-6-7-23-49)51-43(59)37(50)25-31-11-17-34(56)18-12-31/h3-5,8-9,11-22,29,37-42,56-58H,6-7,10,23-28,49-50H2,1-2H3,(H,51,59)(H,52,60)(H,53,62)(H,54,61)(H,55,63)(H,64,65)/t37-,38-,39-,40-,41-,42-/m0/s1. The van der Waals surface area contributed by atoms with Gasteiger partial charge in [-0.1, -0.05) is 80.6 Å². The zero-order valence-electron chi connectivity index (χ0n) is 36.6. The van der Waals surface area contributed by atoms with Gasteiger partial charge in [0.2, 0.25) is 29.5 Å². The van der Waals surface area contributed by atoms with E-state index in [1.807, 2.05) is 0 Å². The van der Waals surface area contributed by atoms with E-state index in [0.717, 1.165) is 0 Å². The Hall–Kier alpha value is -6.98. The molecule has 0 fully saturated rings. The molecule has 4 aromatic rings. The lowest BCUT2D eigenvalue weighted by atomic mass is 9.99. The fourth-order valence-electron chi connectivity index (χ4n) is 7.01. The van der Waals surface area contributed by atoms with Gasteiger partial charge in [0, 0.05) is 19.3 Å². The lowest BCUT2D eigenvalue weighted by Crippen LogP contribution is -2.60. The summed E-state index contributed by atoms with van der Waals surface area (Å²) in [7, 11) is 0. The van der Waals surface area contributed by atoms with Crippen LogP contribution < -0.4 is 38.1 Å². The number of aromatic hydroxyl groups is 3. The second-order valence-electron chi connectivity index (χ2n) is 16.5. The number of unbranched alkanes of at least 4 members (excludes halogenated alkanes) is 1. The van der Waals surface area contributed by atoms with Crippen molar-refractivity contribution in [1.29, 1.82) is 0 Å². The molecule has 65 heavy (non-hydrogen) atoms. The average Bonchev–Trinajstić information content (AvgIpc) is 3.27. The van der Waals surface area contributed by atoms with Gasteiger partial charge in [-0.2, -0.15) is 0 Å². The Morgan fingerprint density at radius 2 is 0.831 bits per heavy atom. The number of benzene rings is 4. The van der Waals surface area contributed by atoms with Crippen molar-refractivity contribution in [3.8, 4) is 17.2 Å². The zero-order valence-corrected chi connectivity index (χ0v) is 36.6. The number of carboxylic acid groups (broad SMARTS) is 1. The van der Waals surface area contributed by atoms with Crippen LogP contribution >= 0.6 is 0 Å². The lowest BCUT2D eigenvalue weighted by molar-refractivity contribution is -0.142. The lowest BCUT2D eigenvalue weighted by Gasteiger charge is -2.28. The van der Waals surface area contributed by atoms with Crippen LogP contribution in [0.3, 0.4) is 0 Å². The molecule has 0 aromatic heterocycles. The third kappa shape index (κ3) is 17.3. The van der Waals surface area contributed by atoms with Gasteiger partial charge < -0.3 is 58.5 Å². The van der Waals surface area contributed by atoms with Crippen LogP contribution in [0.5, 0.6) is 17.2 Å². The van der Waals surface area contributed by atoms with Crippen LogP contribution in [0.2, 0.25) is 0 Å². The van der Waals surface area contributed by atoms with E-state index in [2.05, 4.69) is 26.6 Å². The van der Waals surface area contributed by atoms with Gasteiger partial charge in [0.1, 0.15) is 47.5 Å². The van der Waals surface area contributed by atoms with Crippen molar-refractivity contribution in [2.75, 3.05) is 6.54 Å². The highest BCUT2D eigenvalue weighted by atomic mass is 16.4. The fourth-order valence-corrected chi connectivity index (χ4v) is 7.01. The Morgan fingerprint density at radius 1 is 0.477 bits per heavy atom. The first-order chi connectivity index (χ1) is 31.0. The maximum atomic E-state index is 14.5. The highest BCUT2D eigenvalue weighted by Crippen LogP contribution is 2.16. The molecule has 4 rings (SSSR count). The topological polar surface area (TPSA) is 296 Å². The Labute approximate surface area is 378 Å². The minimum absolute atomic E-state index is 0.0281. The fraction of sp³-hybridized carbons (Fsp3) is 0.375. The molecular weight excluding hydrogens is 835 g/mol. The van der Waals surface area contributed by atoms with Gasteiger partial charge in [-0.25, -0.2) is 4.79 Å². The summed E-state index contributed by atoms with van der Waals surface area (Å²) in [5.41, 5.74) is 14.4. The molecule has 0 saturated carbocycles. The summed E-state index contributed by atoms with van der Waals surface area (Å²) in [6.45, 7) is 3.94. The van der Waals surface area contributed by atoms with Crippen molar-refractivity contribution >= 4 is 35.5 Å². The molecular formula is C48H61N7O10. The minimum Gasteiger partial charge on any atom is -0.508 e. The van der Waals surface area contributed by atoms with Crippen LogP contribution in [0, 0.1) is 5.92 Å². The van der Waals surface area contributed by atoms with E-state index in [4.69, 9.17) is 11.5 Å². The molecule has 6 atom stereocenters. The number of phenols is 3. The summed E-state index contributed by atoms with van der Waals surface area (Å²) in [6.07, 6.45) is 1.08. The number of carboxylic acids is 1. The van der Waals surface area contributed by atoms with Crippen molar-refractivity contribution < 1.29 is 49.2 Å². The first-order valence-corrected chi connectivity index (χ1v) is 21.6. The molecule has 0 heterocycles. The molecule has 0 saturated heterocycles. The summed E-state index contributed by atoms with van der Waals surface area (Å²) in [5, 5.41) is 52.9. The van der Waals surface area contributed by atoms with Gasteiger partial charge in [0.25, 0.3) is 0 Å². The largest absolute Gasteiger partial charge is 0.508 e. The van der Waals surface area contributed by atoms with Crippen molar-refractivity contribution in [2.45, 2.75) is 101 Å². The molecule has 17 heteroatoms. The summed E-state index contributed by atoms with van der Waals surface area (Å²) >= 11 is 0. The Morgan fingerprint density at radius 3 is 1.22 bits per heavy atom. The molecule has 0 spiro atoms. The molecule has 0 aliphatic rings. The predicted octanol–water partition coefficient (Wildman–Crippen LogP) is 2.09. The minimum atomic E-state index is -1.35. The number of nitrogens with one attached hydrogen (secondary N) is 5. The number of carbonyl (C=O) groups is 6.